The first-order chi connectivity index (χ1) is 6.97. The van der Waals surface area contributed by atoms with Crippen molar-refractivity contribution in [1.29, 1.82) is 0 Å². The molecule has 0 heterocycles. The molecule has 0 atom stereocenters. The quantitative estimate of drug-likeness (QED) is 0.419. The number of benzene rings is 1. The number of hydrogen-bond donors (Lipinski definition) is 0. The monoisotopic (exact) mass is 346 g/mol. The second-order valence-electron chi connectivity index (χ2n) is 3.02. The highest BCUT2D eigenvalue weighted by molar-refractivity contribution is 9.10. The molecule has 0 fully saturated rings. The van der Waals surface area contributed by atoms with Gasteiger partial charge in [0.25, 0.3) is 0 Å². The lowest BCUT2D eigenvalue weighted by molar-refractivity contribution is 0.317. The Morgan fingerprint density at radius 3 is 2.27 bits per heavy atom. The van der Waals surface area contributed by atoms with E-state index in [0.717, 1.165) is 16.6 Å². The fraction of sp³-hybridized carbons (Fsp3) is 0.333. The topological polar surface area (TPSA) is 9.23 Å². The van der Waals surface area contributed by atoms with E-state index in [1.54, 1.807) is 0 Å². The van der Waals surface area contributed by atoms with Gasteiger partial charge in [0, 0.05) is 4.47 Å². The highest BCUT2D eigenvalue weighted by atomic mass is 79.9. The van der Waals surface area contributed by atoms with Crippen molar-refractivity contribution in [1.82, 2.24) is 0 Å². The average Bonchev–Trinajstić information content (AvgIpc) is 2.14. The number of ether oxygens (including phenoxy) is 1. The van der Waals surface area contributed by atoms with Crippen molar-refractivity contribution in [3.05, 3.63) is 28.7 Å². The summed E-state index contributed by atoms with van der Waals surface area (Å²) in [5, 5.41) is 0. The number of rotatable bonds is 5. The van der Waals surface area contributed by atoms with Gasteiger partial charge in [-0.15, -0.1) is 33.2 Å². The molecule has 0 bridgehead atoms. The molecule has 0 saturated heterocycles. The van der Waals surface area contributed by atoms with E-state index < -0.39 is 6.00 Å². The van der Waals surface area contributed by atoms with Gasteiger partial charge in [-0.05, 0) is 36.7 Å². The van der Waals surface area contributed by atoms with Gasteiger partial charge < -0.3 is 4.74 Å². The van der Waals surface area contributed by atoms with E-state index in [9.17, 15) is 0 Å². The second kappa shape index (κ2) is 6.35. The molecule has 6 heteroatoms. The van der Waals surface area contributed by atoms with Crippen LogP contribution in [0, 0.1) is 0 Å². The number of halogens is 4. The molecule has 0 aliphatic heterocycles. The van der Waals surface area contributed by atoms with Crippen molar-refractivity contribution >= 4 is 55.2 Å². The molecular weight excluding hydrogens is 338 g/mol. The fourth-order valence-electron chi connectivity index (χ4n) is 0.993. The van der Waals surface area contributed by atoms with Crippen molar-refractivity contribution in [3.8, 4) is 5.75 Å². The van der Waals surface area contributed by atoms with Gasteiger partial charge in [0.2, 0.25) is 0 Å². The van der Waals surface area contributed by atoms with Gasteiger partial charge in [-0.25, -0.2) is 0 Å². The maximum Gasteiger partial charge on any atom is 0.341 e. The third-order valence-electron chi connectivity index (χ3n) is 1.69. The Morgan fingerprint density at radius 1 is 1.13 bits per heavy atom. The minimum atomic E-state index is -2.48. The largest absolute Gasteiger partial charge is 0.494 e. The molecule has 0 N–H and O–H groups in total. The Kier molecular flexibility index (Phi) is 5.78. The molecule has 0 amide bonds. The zero-order valence-corrected chi connectivity index (χ0v) is 12.7. The molecule has 0 aliphatic carbocycles. The highest BCUT2D eigenvalue weighted by Crippen LogP contribution is 2.26. The van der Waals surface area contributed by atoms with Crippen LogP contribution < -0.4 is 4.74 Å². The third-order valence-corrected chi connectivity index (χ3v) is 4.84. The second-order valence-corrected chi connectivity index (χ2v) is 13.2. The molecule has 15 heavy (non-hydrogen) atoms. The van der Waals surface area contributed by atoms with Crippen LogP contribution in [0.2, 0.25) is 6.04 Å². The summed E-state index contributed by atoms with van der Waals surface area (Å²) in [7, 11) is 0. The first kappa shape index (κ1) is 13.7. The molecule has 0 saturated carbocycles. The Bertz CT molecular complexity index is 299. The van der Waals surface area contributed by atoms with E-state index in [2.05, 4.69) is 15.9 Å². The molecule has 0 radical (unpaired) electrons. The summed E-state index contributed by atoms with van der Waals surface area (Å²) < 4.78 is 6.51. The van der Waals surface area contributed by atoms with E-state index in [-0.39, 0.29) is 0 Å². The van der Waals surface area contributed by atoms with Crippen LogP contribution >= 0.6 is 49.2 Å². The lowest BCUT2D eigenvalue weighted by atomic mass is 10.3. The summed E-state index contributed by atoms with van der Waals surface area (Å²) in [5.41, 5.74) is 0. The molecule has 0 aromatic heterocycles. The SMILES string of the molecule is Cl[Si](Cl)(Cl)CCCOc1ccc(Br)cc1. The van der Waals surface area contributed by atoms with Gasteiger partial charge in [0.1, 0.15) is 5.75 Å². The molecule has 0 unspecified atom stereocenters. The lowest BCUT2D eigenvalue weighted by Gasteiger charge is -2.08. The zero-order chi connectivity index (χ0) is 11.3. The van der Waals surface area contributed by atoms with Crippen molar-refractivity contribution in [2.75, 3.05) is 6.61 Å². The first-order valence-corrected chi connectivity index (χ1v) is 10.5. The van der Waals surface area contributed by atoms with E-state index in [4.69, 9.17) is 38.0 Å². The maximum absolute atomic E-state index is 5.74. The standard InChI is InChI=1S/C9H10BrCl3OSi/c10-8-2-4-9(5-3-8)14-6-1-7-15(11,12)13/h2-5H,1,6-7H2. The van der Waals surface area contributed by atoms with Gasteiger partial charge >= 0.3 is 6.00 Å². The molecular formula is C9H10BrCl3OSi. The molecule has 1 nitrogen and oxygen atoms in total. The van der Waals surface area contributed by atoms with Crippen LogP contribution in [0.1, 0.15) is 6.42 Å². The zero-order valence-electron chi connectivity index (χ0n) is 7.85. The van der Waals surface area contributed by atoms with Gasteiger partial charge in [-0.3, -0.25) is 0 Å². The van der Waals surface area contributed by atoms with Crippen LogP contribution in [-0.4, -0.2) is 12.6 Å². The Balaban J connectivity index is 2.23. The van der Waals surface area contributed by atoms with Crippen molar-refractivity contribution < 1.29 is 4.74 Å². The Morgan fingerprint density at radius 2 is 1.73 bits per heavy atom. The Labute approximate surface area is 113 Å². The minimum absolute atomic E-state index is 0.586. The van der Waals surface area contributed by atoms with Gasteiger partial charge in [0.05, 0.1) is 6.61 Å². The normalized spacial score (nSPS) is 11.5. The van der Waals surface area contributed by atoms with Gasteiger partial charge in [0.15, 0.2) is 0 Å². The van der Waals surface area contributed by atoms with Crippen LogP contribution in [0.15, 0.2) is 28.7 Å². The van der Waals surface area contributed by atoms with E-state index >= 15 is 0 Å². The van der Waals surface area contributed by atoms with Crippen molar-refractivity contribution in [2.45, 2.75) is 12.5 Å². The van der Waals surface area contributed by atoms with Crippen LogP contribution in [-0.2, 0) is 0 Å². The molecule has 0 aliphatic rings. The smallest absolute Gasteiger partial charge is 0.341 e. The van der Waals surface area contributed by atoms with Crippen molar-refractivity contribution in [2.24, 2.45) is 0 Å². The van der Waals surface area contributed by atoms with Gasteiger partial charge in [-0.2, -0.15) is 0 Å². The minimum Gasteiger partial charge on any atom is -0.494 e. The molecule has 1 aromatic rings. The van der Waals surface area contributed by atoms with E-state index in [1.165, 1.54) is 0 Å². The lowest BCUT2D eigenvalue weighted by Crippen LogP contribution is -2.10. The van der Waals surface area contributed by atoms with E-state index in [0.29, 0.717) is 12.7 Å². The molecule has 1 aromatic carbocycles. The summed E-state index contributed by atoms with van der Waals surface area (Å²) >= 11 is 20.6. The van der Waals surface area contributed by atoms with Crippen molar-refractivity contribution in [3.63, 3.8) is 0 Å². The highest BCUT2D eigenvalue weighted by Gasteiger charge is 2.23. The summed E-state index contributed by atoms with van der Waals surface area (Å²) in [6.07, 6.45) is 0.777. The predicted molar refractivity (Wildman–Crippen MR) is 72.4 cm³/mol. The van der Waals surface area contributed by atoms with E-state index in [1.807, 2.05) is 24.3 Å². The maximum atomic E-state index is 5.74. The molecule has 0 spiro atoms. The molecule has 1 rings (SSSR count). The fourth-order valence-corrected chi connectivity index (χ4v) is 3.01. The number of hydrogen-bond acceptors (Lipinski definition) is 1. The predicted octanol–water partition coefficient (Wildman–Crippen LogP) is 4.87. The van der Waals surface area contributed by atoms with Gasteiger partial charge in [-0.1, -0.05) is 15.9 Å². The first-order valence-electron chi connectivity index (χ1n) is 4.42. The summed E-state index contributed by atoms with van der Waals surface area (Å²) in [6.45, 7) is 0.586. The van der Waals surface area contributed by atoms with Crippen LogP contribution in [0.3, 0.4) is 0 Å². The summed E-state index contributed by atoms with van der Waals surface area (Å²) in [5.74, 6) is 0.837. The van der Waals surface area contributed by atoms with Crippen LogP contribution in [0.4, 0.5) is 0 Å². The van der Waals surface area contributed by atoms with Crippen LogP contribution in [0.25, 0.3) is 0 Å². The third kappa shape index (κ3) is 6.69. The van der Waals surface area contributed by atoms with Crippen LogP contribution in [0.5, 0.6) is 5.75 Å². The Hall–Kier alpha value is 0.587. The molecule has 84 valence electrons. The summed E-state index contributed by atoms with van der Waals surface area (Å²) in [6, 6.07) is 5.82. The average molecular weight is 349 g/mol. The summed E-state index contributed by atoms with van der Waals surface area (Å²) in [4.78, 5) is 0.